The maximum atomic E-state index is 12.1. The second kappa shape index (κ2) is 7.02. The molecule has 1 aromatic rings. The first-order valence-electron chi connectivity index (χ1n) is 7.42. The molecule has 1 fully saturated rings. The zero-order valence-electron chi connectivity index (χ0n) is 13.1. The molecule has 1 heterocycles. The number of ether oxygens (including phenoxy) is 1. The summed E-state index contributed by atoms with van der Waals surface area (Å²) in [7, 11) is 0. The predicted molar refractivity (Wildman–Crippen MR) is 84.4 cm³/mol. The molecular formula is C16H25N3O2. The molecule has 2 unspecified atom stereocenters. The highest BCUT2D eigenvalue weighted by Crippen LogP contribution is 2.14. The molecule has 0 saturated carbocycles. The summed E-state index contributed by atoms with van der Waals surface area (Å²) in [5, 5.41) is 2.95. The van der Waals surface area contributed by atoms with Gasteiger partial charge in [-0.25, -0.2) is 0 Å². The van der Waals surface area contributed by atoms with Gasteiger partial charge in [-0.3, -0.25) is 9.69 Å². The van der Waals surface area contributed by atoms with Crippen LogP contribution in [-0.2, 0) is 9.53 Å². The van der Waals surface area contributed by atoms with Crippen molar-refractivity contribution in [3.63, 3.8) is 0 Å². The molecule has 2 atom stereocenters. The number of nitrogens with two attached hydrogens (primary N) is 1. The van der Waals surface area contributed by atoms with E-state index >= 15 is 0 Å². The number of nitrogens with one attached hydrogen (secondary N) is 1. The van der Waals surface area contributed by atoms with Crippen LogP contribution in [0.15, 0.2) is 18.2 Å². The number of nitrogens with zero attached hydrogens (tertiary/aromatic N) is 1. The van der Waals surface area contributed by atoms with Gasteiger partial charge in [0.15, 0.2) is 0 Å². The zero-order chi connectivity index (χ0) is 15.4. The molecule has 0 aliphatic carbocycles. The number of morpholine rings is 1. The van der Waals surface area contributed by atoms with Crippen LogP contribution >= 0.6 is 0 Å². The largest absolute Gasteiger partial charge is 0.374 e. The molecular weight excluding hydrogens is 266 g/mol. The van der Waals surface area contributed by atoms with E-state index in [4.69, 9.17) is 10.5 Å². The standard InChI is InChI=1S/C16H25N3O2/c1-11-4-5-14(8-12(11)2)18-16(20)10-19-6-7-21-15(9-19)13(3)17/h4-5,8,13,15H,6-7,9-10,17H2,1-3H3,(H,18,20). The van der Waals surface area contributed by atoms with E-state index in [9.17, 15) is 4.79 Å². The lowest BCUT2D eigenvalue weighted by Gasteiger charge is -2.34. The smallest absolute Gasteiger partial charge is 0.238 e. The molecule has 0 aromatic heterocycles. The Labute approximate surface area is 126 Å². The van der Waals surface area contributed by atoms with Crippen molar-refractivity contribution in [3.05, 3.63) is 29.3 Å². The molecule has 1 amide bonds. The first-order valence-corrected chi connectivity index (χ1v) is 7.42. The van der Waals surface area contributed by atoms with E-state index in [2.05, 4.69) is 17.1 Å². The van der Waals surface area contributed by atoms with Crippen LogP contribution in [0.1, 0.15) is 18.1 Å². The third-order valence-corrected chi connectivity index (χ3v) is 3.92. The zero-order valence-corrected chi connectivity index (χ0v) is 13.1. The second-order valence-electron chi connectivity index (χ2n) is 5.85. The summed E-state index contributed by atoms with van der Waals surface area (Å²) in [6.45, 7) is 8.51. The van der Waals surface area contributed by atoms with Crippen LogP contribution in [0.5, 0.6) is 0 Å². The van der Waals surface area contributed by atoms with E-state index < -0.39 is 0 Å². The number of rotatable bonds is 4. The summed E-state index contributed by atoms with van der Waals surface area (Å²) in [5.74, 6) is 0.00331. The van der Waals surface area contributed by atoms with Gasteiger partial charge in [-0.1, -0.05) is 6.07 Å². The third kappa shape index (κ3) is 4.52. The SMILES string of the molecule is Cc1ccc(NC(=O)CN2CCOC(C(C)N)C2)cc1C. The van der Waals surface area contributed by atoms with Crippen molar-refractivity contribution in [2.24, 2.45) is 5.73 Å². The van der Waals surface area contributed by atoms with Crippen LogP contribution in [0.2, 0.25) is 0 Å². The summed E-state index contributed by atoms with van der Waals surface area (Å²) in [6, 6.07) is 5.93. The summed E-state index contributed by atoms with van der Waals surface area (Å²) >= 11 is 0. The first kappa shape index (κ1) is 15.9. The Morgan fingerprint density at radius 1 is 1.48 bits per heavy atom. The molecule has 0 radical (unpaired) electrons. The van der Waals surface area contributed by atoms with E-state index in [1.165, 1.54) is 11.1 Å². The van der Waals surface area contributed by atoms with Crippen molar-refractivity contribution in [1.82, 2.24) is 4.90 Å². The van der Waals surface area contributed by atoms with Crippen LogP contribution < -0.4 is 11.1 Å². The number of hydrogen-bond acceptors (Lipinski definition) is 4. The lowest BCUT2D eigenvalue weighted by Crippen LogP contribution is -2.51. The van der Waals surface area contributed by atoms with Crippen molar-refractivity contribution >= 4 is 11.6 Å². The van der Waals surface area contributed by atoms with E-state index in [1.807, 2.05) is 32.0 Å². The van der Waals surface area contributed by atoms with Gasteiger partial charge >= 0.3 is 0 Å². The Bertz CT molecular complexity index is 502. The molecule has 0 spiro atoms. The number of carbonyl (C=O) groups excluding carboxylic acids is 1. The topological polar surface area (TPSA) is 67.6 Å². The third-order valence-electron chi connectivity index (χ3n) is 3.92. The second-order valence-corrected chi connectivity index (χ2v) is 5.85. The van der Waals surface area contributed by atoms with Crippen molar-refractivity contribution in [2.45, 2.75) is 32.9 Å². The highest BCUT2D eigenvalue weighted by molar-refractivity contribution is 5.92. The fourth-order valence-electron chi connectivity index (χ4n) is 2.42. The molecule has 0 bridgehead atoms. The maximum absolute atomic E-state index is 12.1. The van der Waals surface area contributed by atoms with Crippen LogP contribution in [0.25, 0.3) is 0 Å². The summed E-state index contributed by atoms with van der Waals surface area (Å²) in [5.41, 5.74) is 9.11. The molecule has 116 valence electrons. The Morgan fingerprint density at radius 3 is 2.90 bits per heavy atom. The number of carbonyl (C=O) groups is 1. The number of aryl methyl sites for hydroxylation is 2. The number of amides is 1. The van der Waals surface area contributed by atoms with Crippen molar-refractivity contribution in [2.75, 3.05) is 31.6 Å². The lowest BCUT2D eigenvalue weighted by molar-refractivity contribution is -0.119. The van der Waals surface area contributed by atoms with Gasteiger partial charge in [-0.15, -0.1) is 0 Å². The monoisotopic (exact) mass is 291 g/mol. The number of anilines is 1. The lowest BCUT2D eigenvalue weighted by atomic mass is 10.1. The quantitative estimate of drug-likeness (QED) is 0.877. The average Bonchev–Trinajstić information content (AvgIpc) is 2.43. The molecule has 1 saturated heterocycles. The minimum Gasteiger partial charge on any atom is -0.374 e. The predicted octanol–water partition coefficient (Wildman–Crippen LogP) is 1.29. The van der Waals surface area contributed by atoms with Crippen LogP contribution in [0.4, 0.5) is 5.69 Å². The minimum atomic E-state index is -0.0180. The van der Waals surface area contributed by atoms with Crippen molar-refractivity contribution in [1.29, 1.82) is 0 Å². The van der Waals surface area contributed by atoms with Gasteiger partial charge in [-0.05, 0) is 44.0 Å². The molecule has 1 aliphatic heterocycles. The first-order chi connectivity index (χ1) is 9.95. The fourth-order valence-corrected chi connectivity index (χ4v) is 2.42. The number of hydrogen-bond donors (Lipinski definition) is 2. The molecule has 5 heteroatoms. The maximum Gasteiger partial charge on any atom is 0.238 e. The fraction of sp³-hybridized carbons (Fsp3) is 0.562. The molecule has 5 nitrogen and oxygen atoms in total. The minimum absolute atomic E-state index is 0.00331. The van der Waals surface area contributed by atoms with Gasteiger partial charge < -0.3 is 15.8 Å². The Kier molecular flexibility index (Phi) is 5.33. The van der Waals surface area contributed by atoms with E-state index in [0.717, 1.165) is 12.2 Å². The van der Waals surface area contributed by atoms with Crippen LogP contribution in [0, 0.1) is 13.8 Å². The molecule has 2 rings (SSSR count). The number of benzene rings is 1. The Hall–Kier alpha value is -1.43. The van der Waals surface area contributed by atoms with Crippen LogP contribution in [-0.4, -0.2) is 49.2 Å². The van der Waals surface area contributed by atoms with Crippen molar-refractivity contribution in [3.8, 4) is 0 Å². The summed E-state index contributed by atoms with van der Waals surface area (Å²) in [6.07, 6.45) is 0.00756. The Morgan fingerprint density at radius 2 is 2.24 bits per heavy atom. The van der Waals surface area contributed by atoms with Crippen LogP contribution in [0.3, 0.4) is 0 Å². The van der Waals surface area contributed by atoms with Gasteiger partial charge in [-0.2, -0.15) is 0 Å². The van der Waals surface area contributed by atoms with E-state index in [-0.39, 0.29) is 18.1 Å². The molecule has 3 N–H and O–H groups in total. The van der Waals surface area contributed by atoms with E-state index in [0.29, 0.717) is 19.7 Å². The van der Waals surface area contributed by atoms with E-state index in [1.54, 1.807) is 0 Å². The van der Waals surface area contributed by atoms with Gasteiger partial charge in [0.05, 0.1) is 19.3 Å². The Balaban J connectivity index is 1.87. The highest BCUT2D eigenvalue weighted by Gasteiger charge is 2.24. The molecule has 1 aliphatic rings. The normalized spacial score (nSPS) is 21.0. The molecule has 1 aromatic carbocycles. The summed E-state index contributed by atoms with van der Waals surface area (Å²) < 4.78 is 5.60. The van der Waals surface area contributed by atoms with Gasteiger partial charge in [0.25, 0.3) is 0 Å². The van der Waals surface area contributed by atoms with Gasteiger partial charge in [0, 0.05) is 24.8 Å². The summed E-state index contributed by atoms with van der Waals surface area (Å²) in [4.78, 5) is 14.2. The van der Waals surface area contributed by atoms with Gasteiger partial charge in [0.2, 0.25) is 5.91 Å². The highest BCUT2D eigenvalue weighted by atomic mass is 16.5. The van der Waals surface area contributed by atoms with Crippen molar-refractivity contribution < 1.29 is 9.53 Å². The average molecular weight is 291 g/mol. The molecule has 21 heavy (non-hydrogen) atoms. The van der Waals surface area contributed by atoms with Gasteiger partial charge in [0.1, 0.15) is 0 Å².